The van der Waals surface area contributed by atoms with Crippen molar-refractivity contribution < 1.29 is 35.9 Å². The molecule has 0 aromatic heterocycles. The van der Waals surface area contributed by atoms with Gasteiger partial charge in [-0.05, 0) is 49.2 Å². The number of hydrogen-bond donors (Lipinski definition) is 2. The molecule has 2 aromatic rings. The first-order valence-electron chi connectivity index (χ1n) is 11.9. The summed E-state index contributed by atoms with van der Waals surface area (Å²) in [6.45, 7) is 0. The number of rotatable bonds is 13. The van der Waals surface area contributed by atoms with Gasteiger partial charge in [-0.2, -0.15) is 26.3 Å². The Balaban J connectivity index is 1.49. The molecule has 0 atom stereocenters. The van der Waals surface area contributed by atoms with Crippen LogP contribution in [0.5, 0.6) is 0 Å². The molecular formula is C26H30F6N2O2. The van der Waals surface area contributed by atoms with E-state index in [0.29, 0.717) is 12.8 Å². The summed E-state index contributed by atoms with van der Waals surface area (Å²) in [5, 5.41) is 4.98. The molecule has 0 spiro atoms. The van der Waals surface area contributed by atoms with Crippen molar-refractivity contribution in [2.75, 3.05) is 10.6 Å². The standard InChI is InChI=1S/C26H30F6N2O2/c27-25(28,29)19-11-9-13-21(17-19)33-23(35)15-7-5-3-1-2-4-6-8-16-24(36)34-22-14-10-12-20(18-22)26(30,31)32/h9-14,17-18H,1-8,15-16H2,(H,33,35)(H,34,36). The third-order valence-corrected chi connectivity index (χ3v) is 5.50. The van der Waals surface area contributed by atoms with Gasteiger partial charge in [0.15, 0.2) is 0 Å². The van der Waals surface area contributed by atoms with E-state index < -0.39 is 23.5 Å². The largest absolute Gasteiger partial charge is 0.416 e. The van der Waals surface area contributed by atoms with E-state index in [1.165, 1.54) is 24.3 Å². The third-order valence-electron chi connectivity index (χ3n) is 5.50. The average molecular weight is 517 g/mol. The van der Waals surface area contributed by atoms with Crippen LogP contribution in [0.15, 0.2) is 48.5 Å². The number of carbonyl (C=O) groups excluding carboxylic acids is 2. The Hall–Kier alpha value is -3.04. The van der Waals surface area contributed by atoms with Gasteiger partial charge in [0, 0.05) is 24.2 Å². The Morgan fingerprint density at radius 2 is 0.889 bits per heavy atom. The number of benzene rings is 2. The maximum absolute atomic E-state index is 12.7. The molecule has 198 valence electrons. The number of nitrogens with one attached hydrogen (secondary N) is 2. The van der Waals surface area contributed by atoms with Crippen molar-refractivity contribution in [1.82, 2.24) is 0 Å². The normalized spacial score (nSPS) is 11.8. The summed E-state index contributed by atoms with van der Waals surface area (Å²) in [5.41, 5.74) is -1.37. The molecule has 2 rings (SSSR count). The molecule has 4 nitrogen and oxygen atoms in total. The summed E-state index contributed by atoms with van der Waals surface area (Å²) in [4.78, 5) is 23.9. The summed E-state index contributed by atoms with van der Waals surface area (Å²) in [6, 6.07) is 9.06. The van der Waals surface area contributed by atoms with Gasteiger partial charge in [0.25, 0.3) is 0 Å². The van der Waals surface area contributed by atoms with Crippen LogP contribution in [0.3, 0.4) is 0 Å². The van der Waals surface area contributed by atoms with E-state index in [0.717, 1.165) is 62.8 Å². The molecule has 0 aliphatic rings. The summed E-state index contributed by atoms with van der Waals surface area (Å²) in [6.07, 6.45) is -1.74. The molecule has 2 N–H and O–H groups in total. The predicted octanol–water partition coefficient (Wildman–Crippen LogP) is 8.20. The summed E-state index contributed by atoms with van der Waals surface area (Å²) < 4.78 is 76.3. The summed E-state index contributed by atoms with van der Waals surface area (Å²) in [5.74, 6) is -0.643. The molecule has 10 heteroatoms. The van der Waals surface area contributed by atoms with E-state index in [1.807, 2.05) is 0 Å². The molecule has 2 aromatic carbocycles. The van der Waals surface area contributed by atoms with Gasteiger partial charge in [-0.15, -0.1) is 0 Å². The zero-order valence-corrected chi connectivity index (χ0v) is 19.8. The molecule has 0 fully saturated rings. The van der Waals surface area contributed by atoms with Gasteiger partial charge in [0.1, 0.15) is 0 Å². The van der Waals surface area contributed by atoms with Crippen LogP contribution in [0.2, 0.25) is 0 Å². The highest BCUT2D eigenvalue weighted by atomic mass is 19.4. The van der Waals surface area contributed by atoms with Gasteiger partial charge < -0.3 is 10.6 Å². The van der Waals surface area contributed by atoms with Crippen molar-refractivity contribution in [1.29, 1.82) is 0 Å². The molecule has 0 saturated carbocycles. The molecule has 0 aliphatic heterocycles. The molecular weight excluding hydrogens is 486 g/mol. The lowest BCUT2D eigenvalue weighted by Crippen LogP contribution is -2.12. The second-order valence-corrected chi connectivity index (χ2v) is 8.58. The van der Waals surface area contributed by atoms with Crippen LogP contribution in [0.1, 0.15) is 75.3 Å². The second kappa shape index (κ2) is 13.9. The minimum Gasteiger partial charge on any atom is -0.326 e. The second-order valence-electron chi connectivity index (χ2n) is 8.58. The lowest BCUT2D eigenvalue weighted by Gasteiger charge is -2.10. The van der Waals surface area contributed by atoms with Gasteiger partial charge in [-0.25, -0.2) is 0 Å². The highest BCUT2D eigenvalue weighted by molar-refractivity contribution is 5.91. The smallest absolute Gasteiger partial charge is 0.326 e. The molecule has 0 saturated heterocycles. The van der Waals surface area contributed by atoms with Crippen LogP contribution in [-0.2, 0) is 21.9 Å². The molecule has 0 unspecified atom stereocenters. The van der Waals surface area contributed by atoms with Crippen molar-refractivity contribution in [3.8, 4) is 0 Å². The minimum atomic E-state index is -4.46. The zero-order valence-electron chi connectivity index (χ0n) is 19.8. The van der Waals surface area contributed by atoms with Crippen molar-refractivity contribution >= 4 is 23.2 Å². The maximum atomic E-state index is 12.7. The quantitative estimate of drug-likeness (QED) is 0.208. The first-order valence-corrected chi connectivity index (χ1v) is 11.9. The minimum absolute atomic E-state index is 0.123. The van der Waals surface area contributed by atoms with Gasteiger partial charge >= 0.3 is 12.4 Å². The molecule has 0 aliphatic carbocycles. The Bertz CT molecular complexity index is 909. The van der Waals surface area contributed by atoms with E-state index in [1.54, 1.807) is 0 Å². The highest BCUT2D eigenvalue weighted by Gasteiger charge is 2.31. The number of amides is 2. The van der Waals surface area contributed by atoms with Crippen molar-refractivity contribution in [3.63, 3.8) is 0 Å². The average Bonchev–Trinajstić information content (AvgIpc) is 2.79. The topological polar surface area (TPSA) is 58.2 Å². The number of anilines is 2. The lowest BCUT2D eigenvalue weighted by molar-refractivity contribution is -0.138. The first kappa shape index (κ1) is 29.2. The van der Waals surface area contributed by atoms with Crippen LogP contribution in [-0.4, -0.2) is 11.8 Å². The third kappa shape index (κ3) is 11.1. The summed E-state index contributed by atoms with van der Waals surface area (Å²) >= 11 is 0. The van der Waals surface area contributed by atoms with E-state index in [4.69, 9.17) is 0 Å². The molecule has 36 heavy (non-hydrogen) atoms. The van der Waals surface area contributed by atoms with E-state index in [2.05, 4.69) is 10.6 Å². The molecule has 2 amide bonds. The molecule has 0 bridgehead atoms. The number of alkyl halides is 6. The highest BCUT2D eigenvalue weighted by Crippen LogP contribution is 2.31. The zero-order chi connectivity index (χ0) is 26.6. The van der Waals surface area contributed by atoms with Crippen LogP contribution >= 0.6 is 0 Å². The summed E-state index contributed by atoms with van der Waals surface area (Å²) in [7, 11) is 0. The van der Waals surface area contributed by atoms with E-state index in [-0.39, 0.29) is 36.0 Å². The first-order chi connectivity index (χ1) is 16.9. The predicted molar refractivity (Wildman–Crippen MR) is 126 cm³/mol. The Kier molecular flexibility index (Phi) is 11.3. The fourth-order valence-electron chi connectivity index (χ4n) is 3.63. The molecule has 0 radical (unpaired) electrons. The van der Waals surface area contributed by atoms with Crippen LogP contribution in [0.25, 0.3) is 0 Å². The van der Waals surface area contributed by atoms with E-state index >= 15 is 0 Å². The van der Waals surface area contributed by atoms with Crippen LogP contribution in [0, 0.1) is 0 Å². The van der Waals surface area contributed by atoms with Gasteiger partial charge in [0.2, 0.25) is 11.8 Å². The van der Waals surface area contributed by atoms with Crippen LogP contribution < -0.4 is 10.6 Å². The number of unbranched alkanes of at least 4 members (excludes halogenated alkanes) is 7. The number of carbonyl (C=O) groups is 2. The van der Waals surface area contributed by atoms with Crippen LogP contribution in [0.4, 0.5) is 37.7 Å². The fourth-order valence-corrected chi connectivity index (χ4v) is 3.63. The number of hydrogen-bond acceptors (Lipinski definition) is 2. The Morgan fingerprint density at radius 1 is 0.556 bits per heavy atom. The van der Waals surface area contributed by atoms with Crippen molar-refractivity contribution in [3.05, 3.63) is 59.7 Å². The Morgan fingerprint density at radius 3 is 1.22 bits per heavy atom. The lowest BCUT2D eigenvalue weighted by atomic mass is 10.1. The molecule has 0 heterocycles. The van der Waals surface area contributed by atoms with Crippen molar-refractivity contribution in [2.24, 2.45) is 0 Å². The van der Waals surface area contributed by atoms with Crippen molar-refractivity contribution in [2.45, 2.75) is 76.6 Å². The fraction of sp³-hybridized carbons (Fsp3) is 0.462. The number of halogens is 6. The van der Waals surface area contributed by atoms with Gasteiger partial charge in [0.05, 0.1) is 11.1 Å². The maximum Gasteiger partial charge on any atom is 0.416 e. The Labute approximate surface area is 206 Å². The van der Waals surface area contributed by atoms with E-state index in [9.17, 15) is 35.9 Å². The van der Waals surface area contributed by atoms with Gasteiger partial charge in [-0.1, -0.05) is 50.7 Å². The van der Waals surface area contributed by atoms with Gasteiger partial charge in [-0.3, -0.25) is 9.59 Å². The SMILES string of the molecule is O=C(CCCCCCCCCCC(=O)Nc1cccc(C(F)(F)F)c1)Nc1cccc(C(F)(F)F)c1. The monoisotopic (exact) mass is 516 g/mol.